The number of thiophene rings is 1. The molecule has 2 rings (SSSR count). The van der Waals surface area contributed by atoms with Gasteiger partial charge in [-0.25, -0.2) is 0 Å². The SMILES string of the molecule is CC(=O)N[C@H](CC(=O)N(C)C1CCCCCC1)c1cccs1. The van der Waals surface area contributed by atoms with Gasteiger partial charge in [0.25, 0.3) is 0 Å². The van der Waals surface area contributed by atoms with E-state index in [0.29, 0.717) is 12.5 Å². The highest BCUT2D eigenvalue weighted by Gasteiger charge is 2.25. The minimum Gasteiger partial charge on any atom is -0.348 e. The van der Waals surface area contributed by atoms with Crippen molar-refractivity contribution in [2.75, 3.05) is 7.05 Å². The third-order valence-electron chi connectivity index (χ3n) is 4.41. The van der Waals surface area contributed by atoms with E-state index >= 15 is 0 Å². The Hall–Kier alpha value is -1.36. The predicted octanol–water partition coefficient (Wildman–Crippen LogP) is 3.50. The molecule has 1 aliphatic carbocycles. The Balaban J connectivity index is 1.98. The lowest BCUT2D eigenvalue weighted by atomic mass is 10.1. The zero-order chi connectivity index (χ0) is 15.9. The fraction of sp³-hybridized carbons (Fsp3) is 0.647. The van der Waals surface area contributed by atoms with Gasteiger partial charge < -0.3 is 10.2 Å². The molecule has 0 unspecified atom stereocenters. The van der Waals surface area contributed by atoms with E-state index in [9.17, 15) is 9.59 Å². The summed E-state index contributed by atoms with van der Waals surface area (Å²) in [5, 5.41) is 4.88. The van der Waals surface area contributed by atoms with E-state index in [2.05, 4.69) is 5.32 Å². The summed E-state index contributed by atoms with van der Waals surface area (Å²) >= 11 is 1.58. The fourth-order valence-corrected chi connectivity index (χ4v) is 3.90. The molecule has 1 N–H and O–H groups in total. The minimum absolute atomic E-state index is 0.0941. The Morgan fingerprint density at radius 1 is 1.32 bits per heavy atom. The fourth-order valence-electron chi connectivity index (χ4n) is 3.13. The highest BCUT2D eigenvalue weighted by atomic mass is 32.1. The van der Waals surface area contributed by atoms with Crippen molar-refractivity contribution in [3.05, 3.63) is 22.4 Å². The number of nitrogens with zero attached hydrogens (tertiary/aromatic N) is 1. The van der Waals surface area contributed by atoms with Crippen molar-refractivity contribution in [1.29, 1.82) is 0 Å². The van der Waals surface area contributed by atoms with Gasteiger partial charge in [0.15, 0.2) is 0 Å². The topological polar surface area (TPSA) is 49.4 Å². The van der Waals surface area contributed by atoms with Gasteiger partial charge in [-0.1, -0.05) is 31.7 Å². The molecule has 122 valence electrons. The summed E-state index contributed by atoms with van der Waals surface area (Å²) in [4.78, 5) is 27.0. The first kappa shape index (κ1) is 17.0. The van der Waals surface area contributed by atoms with E-state index in [1.165, 1.54) is 32.6 Å². The summed E-state index contributed by atoms with van der Waals surface area (Å²) in [6, 6.07) is 4.08. The minimum atomic E-state index is -0.210. The van der Waals surface area contributed by atoms with Crippen LogP contribution in [0, 0.1) is 0 Å². The van der Waals surface area contributed by atoms with Crippen LogP contribution in [0.4, 0.5) is 0 Å². The molecule has 1 saturated carbocycles. The molecule has 22 heavy (non-hydrogen) atoms. The van der Waals surface area contributed by atoms with Crippen LogP contribution in [0.2, 0.25) is 0 Å². The normalized spacial score (nSPS) is 17.5. The Morgan fingerprint density at radius 3 is 2.55 bits per heavy atom. The van der Waals surface area contributed by atoms with E-state index < -0.39 is 0 Å². The molecule has 1 aromatic heterocycles. The molecule has 1 aromatic rings. The first-order valence-electron chi connectivity index (χ1n) is 8.14. The molecule has 5 heteroatoms. The smallest absolute Gasteiger partial charge is 0.225 e. The van der Waals surface area contributed by atoms with Crippen molar-refractivity contribution >= 4 is 23.2 Å². The molecule has 0 radical (unpaired) electrons. The average Bonchev–Trinajstić information content (AvgIpc) is 2.88. The number of hydrogen-bond donors (Lipinski definition) is 1. The number of carbonyl (C=O) groups excluding carboxylic acids is 2. The summed E-state index contributed by atoms with van der Waals surface area (Å²) in [6.07, 6.45) is 7.53. The molecule has 1 atom stereocenters. The zero-order valence-electron chi connectivity index (χ0n) is 13.5. The van der Waals surface area contributed by atoms with Crippen LogP contribution in [0.15, 0.2) is 17.5 Å². The lowest BCUT2D eigenvalue weighted by molar-refractivity contribution is -0.133. The highest BCUT2D eigenvalue weighted by Crippen LogP contribution is 2.25. The molecule has 4 nitrogen and oxygen atoms in total. The molecular weight excluding hydrogens is 296 g/mol. The Kier molecular flexibility index (Phi) is 6.43. The van der Waals surface area contributed by atoms with Gasteiger partial charge in [-0.3, -0.25) is 9.59 Å². The zero-order valence-corrected chi connectivity index (χ0v) is 14.3. The predicted molar refractivity (Wildman–Crippen MR) is 89.8 cm³/mol. The Morgan fingerprint density at radius 2 is 2.00 bits per heavy atom. The maximum Gasteiger partial charge on any atom is 0.225 e. The van der Waals surface area contributed by atoms with E-state index in [4.69, 9.17) is 0 Å². The van der Waals surface area contributed by atoms with Crippen LogP contribution in [0.1, 0.15) is 62.8 Å². The third-order valence-corrected chi connectivity index (χ3v) is 5.39. The second-order valence-corrected chi connectivity index (χ2v) is 7.10. The Labute approximate surface area is 136 Å². The van der Waals surface area contributed by atoms with Crippen LogP contribution < -0.4 is 5.32 Å². The van der Waals surface area contributed by atoms with Crippen LogP contribution in [0.25, 0.3) is 0 Å². The summed E-state index contributed by atoms with van der Waals surface area (Å²) in [5.74, 6) is 0.0300. The van der Waals surface area contributed by atoms with Crippen LogP contribution in [-0.2, 0) is 9.59 Å². The second-order valence-electron chi connectivity index (χ2n) is 6.12. The van der Waals surface area contributed by atoms with Gasteiger partial charge in [0, 0.05) is 24.9 Å². The Bertz CT molecular complexity index is 479. The molecular formula is C17H26N2O2S. The van der Waals surface area contributed by atoms with E-state index in [1.807, 2.05) is 29.5 Å². The number of hydrogen-bond acceptors (Lipinski definition) is 3. The monoisotopic (exact) mass is 322 g/mol. The second kappa shape index (κ2) is 8.32. The molecule has 1 aliphatic rings. The molecule has 1 heterocycles. The molecule has 0 aliphatic heterocycles. The molecule has 2 amide bonds. The van der Waals surface area contributed by atoms with Gasteiger partial charge >= 0.3 is 0 Å². The summed E-state index contributed by atoms with van der Waals surface area (Å²) in [5.41, 5.74) is 0. The molecule has 0 bridgehead atoms. The van der Waals surface area contributed by atoms with Crippen molar-refractivity contribution < 1.29 is 9.59 Å². The third kappa shape index (κ3) is 4.83. The van der Waals surface area contributed by atoms with Crippen molar-refractivity contribution in [1.82, 2.24) is 10.2 Å². The van der Waals surface area contributed by atoms with Crippen molar-refractivity contribution in [2.45, 2.75) is 64.0 Å². The number of carbonyl (C=O) groups is 2. The largest absolute Gasteiger partial charge is 0.348 e. The van der Waals surface area contributed by atoms with Gasteiger partial charge in [0.2, 0.25) is 11.8 Å². The molecule has 0 saturated heterocycles. The van der Waals surface area contributed by atoms with Gasteiger partial charge in [0.1, 0.15) is 0 Å². The molecule has 0 spiro atoms. The van der Waals surface area contributed by atoms with Crippen LogP contribution in [0.3, 0.4) is 0 Å². The lowest BCUT2D eigenvalue weighted by Crippen LogP contribution is -2.39. The molecule has 0 aromatic carbocycles. The highest BCUT2D eigenvalue weighted by molar-refractivity contribution is 7.10. The quantitative estimate of drug-likeness (QED) is 0.844. The van der Waals surface area contributed by atoms with Gasteiger partial charge in [-0.2, -0.15) is 0 Å². The van der Waals surface area contributed by atoms with Crippen LogP contribution in [-0.4, -0.2) is 29.8 Å². The van der Waals surface area contributed by atoms with E-state index in [1.54, 1.807) is 11.3 Å². The first-order valence-corrected chi connectivity index (χ1v) is 9.02. The standard InChI is InChI=1S/C17H26N2O2S/c1-13(20)18-15(16-10-7-11-22-16)12-17(21)19(2)14-8-5-3-4-6-9-14/h7,10-11,14-15H,3-6,8-9,12H2,1-2H3,(H,18,20)/t15-/m1/s1. The van der Waals surface area contributed by atoms with Crippen LogP contribution >= 0.6 is 11.3 Å². The lowest BCUT2D eigenvalue weighted by Gasteiger charge is -2.29. The molecule has 1 fully saturated rings. The summed E-state index contributed by atoms with van der Waals surface area (Å²) < 4.78 is 0. The maximum atomic E-state index is 12.6. The first-order chi connectivity index (χ1) is 10.6. The van der Waals surface area contributed by atoms with E-state index in [-0.39, 0.29) is 17.9 Å². The number of amides is 2. The number of rotatable bonds is 5. The van der Waals surface area contributed by atoms with Gasteiger partial charge in [-0.15, -0.1) is 11.3 Å². The summed E-state index contributed by atoms with van der Waals surface area (Å²) in [7, 11) is 1.91. The van der Waals surface area contributed by atoms with Gasteiger partial charge in [0.05, 0.1) is 12.5 Å². The van der Waals surface area contributed by atoms with E-state index in [0.717, 1.165) is 17.7 Å². The van der Waals surface area contributed by atoms with Crippen molar-refractivity contribution in [3.63, 3.8) is 0 Å². The van der Waals surface area contributed by atoms with Crippen LogP contribution in [0.5, 0.6) is 0 Å². The van der Waals surface area contributed by atoms with Crippen molar-refractivity contribution in [3.8, 4) is 0 Å². The maximum absolute atomic E-state index is 12.6. The summed E-state index contributed by atoms with van der Waals surface area (Å²) in [6.45, 7) is 1.50. The van der Waals surface area contributed by atoms with Crippen molar-refractivity contribution in [2.24, 2.45) is 0 Å². The number of nitrogens with one attached hydrogen (secondary N) is 1. The van der Waals surface area contributed by atoms with Gasteiger partial charge in [-0.05, 0) is 24.3 Å². The average molecular weight is 322 g/mol.